The monoisotopic (exact) mass is 363 g/mol. The molecule has 2 heterocycles. The van der Waals surface area contributed by atoms with Crippen LogP contribution in [0.1, 0.15) is 12.8 Å². The first-order chi connectivity index (χ1) is 10.5. The van der Waals surface area contributed by atoms with Gasteiger partial charge in [-0.25, -0.2) is 8.42 Å². The maximum Gasteiger partial charge on any atom is 0.243 e. The van der Waals surface area contributed by atoms with Crippen molar-refractivity contribution in [2.24, 2.45) is 0 Å². The molecule has 2 fully saturated rings. The number of piperidine rings is 1. The number of hydrogen-bond acceptors (Lipinski definition) is 4. The van der Waals surface area contributed by atoms with Crippen molar-refractivity contribution in [2.45, 2.75) is 23.3 Å². The Labute approximate surface area is 141 Å². The van der Waals surface area contributed by atoms with Gasteiger partial charge in [-0.3, -0.25) is 0 Å². The van der Waals surface area contributed by atoms with Gasteiger partial charge in [-0.05, 0) is 44.1 Å². The van der Waals surface area contributed by atoms with Crippen molar-refractivity contribution >= 4 is 33.2 Å². The second-order valence-electron chi connectivity index (χ2n) is 5.80. The molecule has 8 heteroatoms. The molecular formula is C14H19Cl2N3O2S. The molecule has 0 aliphatic carbocycles. The molecule has 2 aliphatic heterocycles. The topological polar surface area (TPSA) is 61.4 Å². The van der Waals surface area contributed by atoms with Crippen LogP contribution in [-0.4, -0.2) is 51.0 Å². The number of nitrogens with zero attached hydrogens (tertiary/aromatic N) is 1. The largest absolute Gasteiger partial charge is 0.317 e. The molecule has 0 amide bonds. The average molecular weight is 364 g/mol. The van der Waals surface area contributed by atoms with E-state index < -0.39 is 10.0 Å². The number of nitrogens with one attached hydrogen (secondary N) is 2. The highest BCUT2D eigenvalue weighted by Crippen LogP contribution is 2.34. The van der Waals surface area contributed by atoms with E-state index in [1.807, 2.05) is 0 Å². The van der Waals surface area contributed by atoms with Crippen LogP contribution in [0.25, 0.3) is 0 Å². The van der Waals surface area contributed by atoms with Crippen molar-refractivity contribution < 1.29 is 8.42 Å². The molecule has 0 aromatic heterocycles. The van der Waals surface area contributed by atoms with Crippen LogP contribution in [0, 0.1) is 0 Å². The minimum Gasteiger partial charge on any atom is -0.317 e. The fourth-order valence-corrected chi connectivity index (χ4v) is 5.50. The van der Waals surface area contributed by atoms with E-state index in [0.29, 0.717) is 24.7 Å². The molecule has 3 rings (SSSR count). The number of benzene rings is 1. The second-order valence-corrected chi connectivity index (χ2v) is 8.48. The van der Waals surface area contributed by atoms with Crippen LogP contribution in [-0.2, 0) is 10.0 Å². The Bertz CT molecular complexity index is 652. The summed E-state index contributed by atoms with van der Waals surface area (Å²) in [6.07, 6.45) is 1.61. The molecule has 0 atom stereocenters. The maximum absolute atomic E-state index is 13.1. The second kappa shape index (κ2) is 6.26. The van der Waals surface area contributed by atoms with Crippen molar-refractivity contribution in [3.63, 3.8) is 0 Å². The minimum absolute atomic E-state index is 0.210. The van der Waals surface area contributed by atoms with Crippen molar-refractivity contribution in [1.82, 2.24) is 14.9 Å². The molecule has 1 aromatic carbocycles. The van der Waals surface area contributed by atoms with E-state index in [4.69, 9.17) is 23.2 Å². The van der Waals surface area contributed by atoms with E-state index >= 15 is 0 Å². The Morgan fingerprint density at radius 3 is 2.45 bits per heavy atom. The Hall–Kier alpha value is -0.370. The van der Waals surface area contributed by atoms with Gasteiger partial charge in [0.25, 0.3) is 0 Å². The van der Waals surface area contributed by atoms with E-state index in [1.165, 1.54) is 18.2 Å². The zero-order valence-corrected chi connectivity index (χ0v) is 14.4. The maximum atomic E-state index is 13.1. The Kier molecular flexibility index (Phi) is 4.69. The smallest absolute Gasteiger partial charge is 0.243 e. The molecule has 0 unspecified atom stereocenters. The summed E-state index contributed by atoms with van der Waals surface area (Å²) < 4.78 is 27.9. The van der Waals surface area contributed by atoms with Gasteiger partial charge in [0, 0.05) is 19.6 Å². The summed E-state index contributed by atoms with van der Waals surface area (Å²) in [5.74, 6) is 0. The molecule has 0 bridgehead atoms. The zero-order valence-electron chi connectivity index (χ0n) is 12.1. The van der Waals surface area contributed by atoms with Gasteiger partial charge in [-0.1, -0.05) is 23.2 Å². The molecular weight excluding hydrogens is 345 g/mol. The van der Waals surface area contributed by atoms with Gasteiger partial charge >= 0.3 is 0 Å². The highest BCUT2D eigenvalue weighted by atomic mass is 35.5. The van der Waals surface area contributed by atoms with Gasteiger partial charge in [-0.15, -0.1) is 0 Å². The Balaban J connectivity index is 2.00. The van der Waals surface area contributed by atoms with Crippen LogP contribution in [0.5, 0.6) is 0 Å². The van der Waals surface area contributed by atoms with Gasteiger partial charge in [0.05, 0.1) is 20.5 Å². The number of rotatable bonds is 2. The molecule has 2 aliphatic rings. The first-order valence-corrected chi connectivity index (χ1v) is 9.55. The van der Waals surface area contributed by atoms with Gasteiger partial charge in [0.15, 0.2) is 0 Å². The molecule has 0 saturated carbocycles. The van der Waals surface area contributed by atoms with Gasteiger partial charge < -0.3 is 10.6 Å². The zero-order chi connectivity index (χ0) is 15.8. The first-order valence-electron chi connectivity index (χ1n) is 7.35. The summed E-state index contributed by atoms with van der Waals surface area (Å²) in [7, 11) is -3.59. The number of hydrogen-bond donors (Lipinski definition) is 2. The third-order valence-corrected chi connectivity index (χ3v) is 7.23. The quantitative estimate of drug-likeness (QED) is 0.839. The lowest BCUT2D eigenvalue weighted by Gasteiger charge is -2.48. The highest BCUT2D eigenvalue weighted by Gasteiger charge is 2.46. The average Bonchev–Trinajstić information content (AvgIpc) is 2.51. The van der Waals surface area contributed by atoms with Crippen LogP contribution < -0.4 is 10.6 Å². The summed E-state index contributed by atoms with van der Waals surface area (Å²) in [5.41, 5.74) is -0.353. The summed E-state index contributed by atoms with van der Waals surface area (Å²) in [4.78, 5) is 0.210. The number of halogens is 2. The van der Waals surface area contributed by atoms with Crippen molar-refractivity contribution in [3.05, 3.63) is 28.2 Å². The number of sulfonamides is 1. The van der Waals surface area contributed by atoms with Gasteiger partial charge in [0.2, 0.25) is 10.0 Å². The third kappa shape index (κ3) is 2.88. The molecule has 2 N–H and O–H groups in total. The molecule has 22 heavy (non-hydrogen) atoms. The van der Waals surface area contributed by atoms with Crippen molar-refractivity contribution in [2.75, 3.05) is 32.7 Å². The summed E-state index contributed by atoms with van der Waals surface area (Å²) in [6.45, 7) is 3.48. The first kappa shape index (κ1) is 16.5. The SMILES string of the molecule is O=S(=O)(c1ccc(Cl)c(Cl)c1)N1CCNCC12CCNCC2. The molecule has 122 valence electrons. The standard InChI is InChI=1S/C14H19Cl2N3O2S/c15-12-2-1-11(9-13(12)16)22(20,21)19-8-7-18-10-14(19)3-5-17-6-4-14/h1-2,9,17-18H,3-8,10H2. The summed E-state index contributed by atoms with van der Waals surface area (Å²) in [5, 5.41) is 7.26. The van der Waals surface area contributed by atoms with Crippen LogP contribution in [0.4, 0.5) is 0 Å². The lowest BCUT2D eigenvalue weighted by atomic mass is 9.87. The van der Waals surface area contributed by atoms with Crippen LogP contribution in [0.3, 0.4) is 0 Å². The van der Waals surface area contributed by atoms with E-state index in [0.717, 1.165) is 25.9 Å². The van der Waals surface area contributed by atoms with Crippen LogP contribution >= 0.6 is 23.2 Å². The van der Waals surface area contributed by atoms with E-state index in [9.17, 15) is 8.42 Å². The molecule has 1 spiro atoms. The molecule has 2 saturated heterocycles. The van der Waals surface area contributed by atoms with E-state index in [1.54, 1.807) is 4.31 Å². The lowest BCUT2D eigenvalue weighted by molar-refractivity contribution is 0.108. The van der Waals surface area contributed by atoms with Crippen LogP contribution in [0.15, 0.2) is 23.1 Å². The van der Waals surface area contributed by atoms with Crippen molar-refractivity contribution in [3.8, 4) is 0 Å². The minimum atomic E-state index is -3.59. The fourth-order valence-electron chi connectivity index (χ4n) is 3.28. The predicted octanol–water partition coefficient (Wildman–Crippen LogP) is 1.71. The van der Waals surface area contributed by atoms with E-state index in [-0.39, 0.29) is 15.5 Å². The Morgan fingerprint density at radius 1 is 1.05 bits per heavy atom. The van der Waals surface area contributed by atoms with E-state index in [2.05, 4.69) is 10.6 Å². The van der Waals surface area contributed by atoms with Crippen LogP contribution in [0.2, 0.25) is 10.0 Å². The Morgan fingerprint density at radius 2 is 1.77 bits per heavy atom. The highest BCUT2D eigenvalue weighted by molar-refractivity contribution is 7.89. The lowest BCUT2D eigenvalue weighted by Crippen LogP contribution is -2.65. The summed E-state index contributed by atoms with van der Waals surface area (Å²) >= 11 is 11.9. The molecule has 1 aromatic rings. The number of piperazine rings is 1. The molecule has 0 radical (unpaired) electrons. The predicted molar refractivity (Wildman–Crippen MR) is 88.1 cm³/mol. The van der Waals surface area contributed by atoms with Gasteiger partial charge in [-0.2, -0.15) is 4.31 Å². The van der Waals surface area contributed by atoms with Gasteiger partial charge in [0.1, 0.15) is 0 Å². The third-order valence-electron chi connectivity index (χ3n) is 4.49. The normalized spacial score (nSPS) is 22.8. The summed E-state index contributed by atoms with van der Waals surface area (Å²) in [6, 6.07) is 4.50. The molecule has 5 nitrogen and oxygen atoms in total. The fraction of sp³-hybridized carbons (Fsp3) is 0.571. The van der Waals surface area contributed by atoms with Crippen molar-refractivity contribution in [1.29, 1.82) is 0 Å².